The maximum atomic E-state index is 12.8. The van der Waals surface area contributed by atoms with Gasteiger partial charge in [-0.05, 0) is 44.0 Å². The van der Waals surface area contributed by atoms with Gasteiger partial charge in [-0.2, -0.15) is 0 Å². The number of fused-ring (bicyclic) bond motifs is 1. The first-order valence-corrected chi connectivity index (χ1v) is 10.2. The summed E-state index contributed by atoms with van der Waals surface area (Å²) in [6.07, 6.45) is 0. The predicted octanol–water partition coefficient (Wildman–Crippen LogP) is 4.35. The predicted molar refractivity (Wildman–Crippen MR) is 107 cm³/mol. The Kier molecular flexibility index (Phi) is 4.71. The summed E-state index contributed by atoms with van der Waals surface area (Å²) in [7, 11) is -3.56. The van der Waals surface area contributed by atoms with Crippen molar-refractivity contribution in [2.75, 3.05) is 6.54 Å². The van der Waals surface area contributed by atoms with Gasteiger partial charge in [-0.1, -0.05) is 49.7 Å². The quantitative estimate of drug-likeness (QED) is 0.701. The molecular weight excluding hydrogens is 344 g/mol. The largest absolute Gasteiger partial charge is 0.358 e. The van der Waals surface area contributed by atoms with Gasteiger partial charge >= 0.3 is 0 Å². The number of aryl methyl sites for hydroxylation is 3. The fourth-order valence-electron chi connectivity index (χ4n) is 3.69. The molecule has 2 N–H and O–H groups in total. The first-order chi connectivity index (χ1) is 12.1. The first-order valence-electron chi connectivity index (χ1n) is 8.76. The molecule has 0 fully saturated rings. The summed E-state index contributed by atoms with van der Waals surface area (Å²) in [5, 5.41) is 1.14. The standard InChI is InChI=1S/C21H26N2O2S/c1-14-10-11-19(15(2)12-14)26(24,25)22-13-21(4,5)20-16(3)23-18-9-7-6-8-17(18)20/h6-12,22-23H,13H2,1-5H3. The molecule has 0 saturated heterocycles. The summed E-state index contributed by atoms with van der Waals surface area (Å²) >= 11 is 0. The molecule has 1 aromatic heterocycles. The third-order valence-corrected chi connectivity index (χ3v) is 6.46. The van der Waals surface area contributed by atoms with E-state index < -0.39 is 10.0 Å². The van der Waals surface area contributed by atoms with Crippen LogP contribution in [-0.2, 0) is 15.4 Å². The van der Waals surface area contributed by atoms with Crippen molar-refractivity contribution in [1.82, 2.24) is 9.71 Å². The Hall–Kier alpha value is -2.11. The fraction of sp³-hybridized carbons (Fsp3) is 0.333. The number of H-pyrrole nitrogens is 1. The van der Waals surface area contributed by atoms with E-state index in [1.54, 1.807) is 6.07 Å². The van der Waals surface area contributed by atoms with Crippen molar-refractivity contribution in [3.05, 3.63) is 64.8 Å². The minimum absolute atomic E-state index is 0.325. The van der Waals surface area contributed by atoms with E-state index in [1.807, 2.05) is 51.1 Å². The summed E-state index contributed by atoms with van der Waals surface area (Å²) in [6, 6.07) is 13.5. The lowest BCUT2D eigenvalue weighted by atomic mass is 9.83. The van der Waals surface area contributed by atoms with Gasteiger partial charge in [0.25, 0.3) is 0 Å². The second-order valence-electron chi connectivity index (χ2n) is 7.65. The van der Waals surface area contributed by atoms with Crippen LogP contribution in [0.15, 0.2) is 47.4 Å². The molecule has 1 heterocycles. The lowest BCUT2D eigenvalue weighted by Gasteiger charge is -2.26. The maximum Gasteiger partial charge on any atom is 0.240 e. The third-order valence-electron chi connectivity index (χ3n) is 4.89. The van der Waals surface area contributed by atoms with Crippen molar-refractivity contribution < 1.29 is 8.42 Å². The van der Waals surface area contributed by atoms with Gasteiger partial charge in [0.05, 0.1) is 4.90 Å². The molecule has 0 spiro atoms. The number of para-hydroxylation sites is 1. The lowest BCUT2D eigenvalue weighted by molar-refractivity contribution is 0.502. The zero-order valence-electron chi connectivity index (χ0n) is 16.0. The normalized spacial score (nSPS) is 12.7. The number of aromatic amines is 1. The van der Waals surface area contributed by atoms with E-state index in [4.69, 9.17) is 0 Å². The van der Waals surface area contributed by atoms with Crippen LogP contribution in [-0.4, -0.2) is 19.9 Å². The van der Waals surface area contributed by atoms with Gasteiger partial charge in [-0.25, -0.2) is 13.1 Å². The molecule has 0 bridgehead atoms. The molecule has 3 rings (SSSR count). The second kappa shape index (κ2) is 6.56. The molecule has 0 atom stereocenters. The van der Waals surface area contributed by atoms with Crippen LogP contribution in [0.2, 0.25) is 0 Å². The van der Waals surface area contributed by atoms with Crippen LogP contribution in [0.3, 0.4) is 0 Å². The highest BCUT2D eigenvalue weighted by Gasteiger charge is 2.29. The van der Waals surface area contributed by atoms with Crippen LogP contribution in [0.25, 0.3) is 10.9 Å². The van der Waals surface area contributed by atoms with Gasteiger partial charge in [0, 0.05) is 28.6 Å². The van der Waals surface area contributed by atoms with Crippen LogP contribution in [0.4, 0.5) is 0 Å². The minimum atomic E-state index is -3.56. The van der Waals surface area contributed by atoms with Gasteiger partial charge in [0.1, 0.15) is 0 Å². The Morgan fingerprint density at radius 1 is 1.04 bits per heavy atom. The molecule has 138 valence electrons. The monoisotopic (exact) mass is 370 g/mol. The summed E-state index contributed by atoms with van der Waals surface area (Å²) in [4.78, 5) is 3.74. The number of sulfonamides is 1. The Bertz CT molecular complexity index is 1060. The first kappa shape index (κ1) is 18.7. The number of nitrogens with one attached hydrogen (secondary N) is 2. The zero-order valence-corrected chi connectivity index (χ0v) is 16.8. The van der Waals surface area contributed by atoms with Crippen LogP contribution in [0.1, 0.15) is 36.2 Å². The maximum absolute atomic E-state index is 12.8. The molecule has 0 amide bonds. The highest BCUT2D eigenvalue weighted by atomic mass is 32.2. The van der Waals surface area contributed by atoms with Crippen molar-refractivity contribution in [1.29, 1.82) is 0 Å². The number of benzene rings is 2. The number of hydrogen-bond acceptors (Lipinski definition) is 2. The SMILES string of the molecule is Cc1ccc(S(=O)(=O)NCC(C)(C)c2c(C)[nH]c3ccccc23)c(C)c1. The zero-order chi connectivity index (χ0) is 19.1. The van der Waals surface area contributed by atoms with Crippen molar-refractivity contribution in [2.45, 2.75) is 44.9 Å². The third kappa shape index (κ3) is 3.41. The molecule has 0 unspecified atom stereocenters. The van der Waals surface area contributed by atoms with E-state index in [9.17, 15) is 8.42 Å². The van der Waals surface area contributed by atoms with E-state index >= 15 is 0 Å². The van der Waals surface area contributed by atoms with Gasteiger partial charge in [0.2, 0.25) is 10.0 Å². The summed E-state index contributed by atoms with van der Waals surface area (Å²) in [6.45, 7) is 10.3. The number of aromatic nitrogens is 1. The number of hydrogen-bond donors (Lipinski definition) is 2. The Balaban J connectivity index is 1.91. The molecule has 26 heavy (non-hydrogen) atoms. The van der Waals surface area contributed by atoms with Crippen molar-refractivity contribution in [3.8, 4) is 0 Å². The van der Waals surface area contributed by atoms with E-state index in [-0.39, 0.29) is 5.41 Å². The van der Waals surface area contributed by atoms with E-state index in [0.717, 1.165) is 33.3 Å². The molecule has 0 radical (unpaired) electrons. The molecule has 0 saturated carbocycles. The van der Waals surface area contributed by atoms with Gasteiger partial charge < -0.3 is 4.98 Å². The summed E-state index contributed by atoms with van der Waals surface area (Å²) in [5.41, 5.74) is 4.76. The van der Waals surface area contributed by atoms with Crippen molar-refractivity contribution in [2.24, 2.45) is 0 Å². The Labute approximate surface area is 155 Å². The topological polar surface area (TPSA) is 62.0 Å². The molecular formula is C21H26N2O2S. The molecule has 2 aromatic carbocycles. The summed E-state index contributed by atoms with van der Waals surface area (Å²) in [5.74, 6) is 0. The van der Waals surface area contributed by atoms with Crippen LogP contribution in [0, 0.1) is 20.8 Å². The van der Waals surface area contributed by atoms with Crippen LogP contribution < -0.4 is 4.72 Å². The van der Waals surface area contributed by atoms with Crippen LogP contribution >= 0.6 is 0 Å². The minimum Gasteiger partial charge on any atom is -0.358 e. The molecule has 4 nitrogen and oxygen atoms in total. The smallest absolute Gasteiger partial charge is 0.240 e. The lowest BCUT2D eigenvalue weighted by Crippen LogP contribution is -2.37. The van der Waals surface area contributed by atoms with Gasteiger partial charge in [-0.3, -0.25) is 0 Å². The molecule has 0 aliphatic rings. The highest BCUT2D eigenvalue weighted by Crippen LogP contribution is 2.33. The molecule has 3 aromatic rings. The van der Waals surface area contributed by atoms with Crippen molar-refractivity contribution in [3.63, 3.8) is 0 Å². The Morgan fingerprint density at radius 2 is 1.73 bits per heavy atom. The van der Waals surface area contributed by atoms with E-state index in [1.165, 1.54) is 0 Å². The van der Waals surface area contributed by atoms with Gasteiger partial charge in [-0.15, -0.1) is 0 Å². The molecule has 0 aliphatic carbocycles. The van der Waals surface area contributed by atoms with Crippen LogP contribution in [0.5, 0.6) is 0 Å². The average molecular weight is 371 g/mol. The average Bonchev–Trinajstić information content (AvgIpc) is 2.89. The fourth-order valence-corrected chi connectivity index (χ4v) is 5.13. The highest BCUT2D eigenvalue weighted by molar-refractivity contribution is 7.89. The van der Waals surface area contributed by atoms with Crippen molar-refractivity contribution >= 4 is 20.9 Å². The summed E-state index contributed by atoms with van der Waals surface area (Å²) < 4.78 is 28.4. The number of rotatable bonds is 5. The second-order valence-corrected chi connectivity index (χ2v) is 9.38. The Morgan fingerprint density at radius 3 is 2.42 bits per heavy atom. The van der Waals surface area contributed by atoms with Gasteiger partial charge in [0.15, 0.2) is 0 Å². The molecule has 0 aliphatic heterocycles. The van der Waals surface area contributed by atoms with E-state index in [2.05, 4.69) is 29.6 Å². The van der Waals surface area contributed by atoms with E-state index in [0.29, 0.717) is 11.4 Å². The molecule has 5 heteroatoms.